The number of aryl methyl sites for hydroxylation is 1. The average molecular weight is 306 g/mol. The van der Waals surface area contributed by atoms with Gasteiger partial charge in [-0.05, 0) is 49.7 Å². The molecule has 114 valence electrons. The fourth-order valence-corrected chi connectivity index (χ4v) is 2.87. The molecule has 23 heavy (non-hydrogen) atoms. The second-order valence-electron chi connectivity index (χ2n) is 5.61. The van der Waals surface area contributed by atoms with Crippen LogP contribution in [0.25, 0.3) is 22.6 Å². The quantitative estimate of drug-likeness (QED) is 0.681. The first kappa shape index (κ1) is 13.7. The lowest BCUT2D eigenvalue weighted by molar-refractivity contribution is 0.0663. The van der Waals surface area contributed by atoms with E-state index in [0.29, 0.717) is 34.7 Å². The van der Waals surface area contributed by atoms with Crippen LogP contribution in [0, 0.1) is 6.92 Å². The van der Waals surface area contributed by atoms with Crippen LogP contribution in [-0.2, 0) is 0 Å². The van der Waals surface area contributed by atoms with E-state index in [0.717, 1.165) is 11.1 Å². The molecule has 0 fully saturated rings. The van der Waals surface area contributed by atoms with E-state index in [1.54, 1.807) is 25.1 Å². The van der Waals surface area contributed by atoms with Gasteiger partial charge < -0.3 is 4.42 Å². The summed E-state index contributed by atoms with van der Waals surface area (Å²) in [5.41, 5.74) is 4.10. The minimum atomic E-state index is -0.263. The number of fused-ring (bicyclic) bond motifs is 2. The van der Waals surface area contributed by atoms with Crippen molar-refractivity contribution in [2.45, 2.75) is 13.8 Å². The summed E-state index contributed by atoms with van der Waals surface area (Å²) in [6.07, 6.45) is 0. The van der Waals surface area contributed by atoms with Crippen LogP contribution >= 0.6 is 0 Å². The molecule has 2 heterocycles. The molecule has 2 amide bonds. The van der Waals surface area contributed by atoms with Crippen molar-refractivity contribution in [2.75, 3.05) is 6.54 Å². The molecule has 3 aromatic rings. The van der Waals surface area contributed by atoms with Crippen LogP contribution in [0.15, 0.2) is 40.8 Å². The van der Waals surface area contributed by atoms with E-state index >= 15 is 0 Å². The Bertz CT molecular complexity index is 972. The molecular formula is C18H14N2O3. The van der Waals surface area contributed by atoms with Crippen LogP contribution < -0.4 is 0 Å². The molecule has 0 unspecified atom stereocenters. The fraction of sp³-hybridized carbons (Fsp3) is 0.167. The van der Waals surface area contributed by atoms with Gasteiger partial charge in [0.2, 0.25) is 5.89 Å². The number of rotatable bonds is 2. The first-order valence-corrected chi connectivity index (χ1v) is 7.46. The predicted octanol–water partition coefficient (Wildman–Crippen LogP) is 3.42. The van der Waals surface area contributed by atoms with Gasteiger partial charge in [-0.15, -0.1) is 0 Å². The van der Waals surface area contributed by atoms with Gasteiger partial charge in [-0.1, -0.05) is 6.07 Å². The highest BCUT2D eigenvalue weighted by atomic mass is 16.3. The van der Waals surface area contributed by atoms with E-state index in [1.165, 1.54) is 4.90 Å². The first-order valence-electron chi connectivity index (χ1n) is 7.46. The molecule has 0 atom stereocenters. The maximum Gasteiger partial charge on any atom is 0.261 e. The molecule has 1 aromatic heterocycles. The number of benzene rings is 2. The minimum Gasteiger partial charge on any atom is -0.436 e. The van der Waals surface area contributed by atoms with Gasteiger partial charge in [0.15, 0.2) is 5.58 Å². The van der Waals surface area contributed by atoms with E-state index in [4.69, 9.17) is 4.42 Å². The average Bonchev–Trinajstić information content (AvgIpc) is 3.06. The van der Waals surface area contributed by atoms with Crippen LogP contribution in [0.5, 0.6) is 0 Å². The second kappa shape index (κ2) is 4.78. The van der Waals surface area contributed by atoms with Crippen molar-refractivity contribution in [1.82, 2.24) is 9.88 Å². The lowest BCUT2D eigenvalue weighted by atomic mass is 10.1. The number of nitrogens with zero attached hydrogens (tertiary/aromatic N) is 2. The number of imide groups is 1. The van der Waals surface area contributed by atoms with E-state index < -0.39 is 0 Å². The molecule has 0 N–H and O–H groups in total. The highest BCUT2D eigenvalue weighted by molar-refractivity contribution is 6.21. The summed E-state index contributed by atoms with van der Waals surface area (Å²) >= 11 is 0. The smallest absolute Gasteiger partial charge is 0.261 e. The summed E-state index contributed by atoms with van der Waals surface area (Å²) in [5.74, 6) is -0.0582. The number of carbonyl (C=O) groups is 2. The summed E-state index contributed by atoms with van der Waals surface area (Å²) in [7, 11) is 0. The third-order valence-electron chi connectivity index (χ3n) is 4.08. The number of hydrogen-bond acceptors (Lipinski definition) is 4. The lowest BCUT2D eigenvalue weighted by Crippen LogP contribution is -2.29. The Morgan fingerprint density at radius 1 is 1.04 bits per heavy atom. The monoisotopic (exact) mass is 306 g/mol. The molecule has 0 bridgehead atoms. The van der Waals surface area contributed by atoms with Crippen molar-refractivity contribution >= 4 is 22.9 Å². The summed E-state index contributed by atoms with van der Waals surface area (Å²) in [5, 5.41) is 0. The fourth-order valence-electron chi connectivity index (χ4n) is 2.87. The Morgan fingerprint density at radius 2 is 1.83 bits per heavy atom. The molecule has 1 aliphatic heterocycles. The molecular weight excluding hydrogens is 292 g/mol. The Balaban J connectivity index is 1.83. The Kier molecular flexibility index (Phi) is 2.84. The van der Waals surface area contributed by atoms with Gasteiger partial charge >= 0.3 is 0 Å². The number of aromatic nitrogens is 1. The number of amides is 2. The molecule has 4 rings (SSSR count). The van der Waals surface area contributed by atoms with Crippen LogP contribution in [0.2, 0.25) is 0 Å². The third-order valence-corrected chi connectivity index (χ3v) is 4.08. The van der Waals surface area contributed by atoms with Gasteiger partial charge in [0.05, 0.1) is 11.1 Å². The third kappa shape index (κ3) is 1.97. The number of oxazole rings is 1. The molecule has 0 saturated carbocycles. The maximum absolute atomic E-state index is 12.3. The van der Waals surface area contributed by atoms with Crippen LogP contribution in [0.1, 0.15) is 33.2 Å². The van der Waals surface area contributed by atoms with Crippen molar-refractivity contribution in [1.29, 1.82) is 0 Å². The number of hydrogen-bond donors (Lipinski definition) is 0. The molecule has 5 heteroatoms. The molecule has 0 radical (unpaired) electrons. The zero-order valence-electron chi connectivity index (χ0n) is 12.8. The second-order valence-corrected chi connectivity index (χ2v) is 5.61. The zero-order chi connectivity index (χ0) is 16.1. The molecule has 0 aliphatic carbocycles. The van der Waals surface area contributed by atoms with Crippen molar-refractivity contribution in [3.05, 3.63) is 53.1 Å². The summed E-state index contributed by atoms with van der Waals surface area (Å²) in [6.45, 7) is 4.14. The van der Waals surface area contributed by atoms with Crippen molar-refractivity contribution in [2.24, 2.45) is 0 Å². The van der Waals surface area contributed by atoms with Crippen molar-refractivity contribution in [3.8, 4) is 11.5 Å². The standard InChI is InChI=1S/C18H14N2O3/c1-3-20-17(21)12-6-5-11(9-13(12)18(20)22)16-19-14-7-4-10(2)8-15(14)23-16/h4-9H,3H2,1-2H3. The lowest BCUT2D eigenvalue weighted by Gasteiger charge is -2.08. The highest BCUT2D eigenvalue weighted by Crippen LogP contribution is 2.30. The van der Waals surface area contributed by atoms with Gasteiger partial charge in [0, 0.05) is 12.1 Å². The van der Waals surface area contributed by atoms with Crippen LogP contribution in [0.3, 0.4) is 0 Å². The van der Waals surface area contributed by atoms with Crippen molar-refractivity contribution in [3.63, 3.8) is 0 Å². The summed E-state index contributed by atoms with van der Waals surface area (Å²) in [4.78, 5) is 30.1. The molecule has 5 nitrogen and oxygen atoms in total. The predicted molar refractivity (Wildman–Crippen MR) is 85.2 cm³/mol. The van der Waals surface area contributed by atoms with E-state index in [2.05, 4.69) is 4.98 Å². The largest absolute Gasteiger partial charge is 0.436 e. The summed E-state index contributed by atoms with van der Waals surface area (Å²) < 4.78 is 5.79. The topological polar surface area (TPSA) is 63.4 Å². The van der Waals surface area contributed by atoms with Gasteiger partial charge in [0.1, 0.15) is 5.52 Å². The van der Waals surface area contributed by atoms with Crippen LogP contribution in [0.4, 0.5) is 0 Å². The van der Waals surface area contributed by atoms with E-state index in [1.807, 2.05) is 25.1 Å². The van der Waals surface area contributed by atoms with Gasteiger partial charge in [-0.3, -0.25) is 14.5 Å². The highest BCUT2D eigenvalue weighted by Gasteiger charge is 2.34. The van der Waals surface area contributed by atoms with Gasteiger partial charge in [0.25, 0.3) is 11.8 Å². The van der Waals surface area contributed by atoms with Crippen molar-refractivity contribution < 1.29 is 14.0 Å². The van der Waals surface area contributed by atoms with Gasteiger partial charge in [-0.2, -0.15) is 0 Å². The number of carbonyl (C=O) groups excluding carboxylic acids is 2. The Morgan fingerprint density at radius 3 is 2.61 bits per heavy atom. The molecule has 2 aromatic carbocycles. The molecule has 0 saturated heterocycles. The van der Waals surface area contributed by atoms with Gasteiger partial charge in [-0.25, -0.2) is 4.98 Å². The Labute approximate surface area is 132 Å². The molecule has 1 aliphatic rings. The normalized spacial score (nSPS) is 13.9. The van der Waals surface area contributed by atoms with E-state index in [-0.39, 0.29) is 11.8 Å². The molecule has 0 spiro atoms. The maximum atomic E-state index is 12.3. The summed E-state index contributed by atoms with van der Waals surface area (Å²) in [6, 6.07) is 10.9. The SMILES string of the molecule is CCN1C(=O)c2ccc(-c3nc4ccc(C)cc4o3)cc2C1=O. The zero-order valence-corrected chi connectivity index (χ0v) is 12.8. The first-order chi connectivity index (χ1) is 11.1. The van der Waals surface area contributed by atoms with E-state index in [9.17, 15) is 9.59 Å². The minimum absolute atomic E-state index is 0.243. The Hall–Kier alpha value is -2.95. The van der Waals surface area contributed by atoms with Crippen LogP contribution in [-0.4, -0.2) is 28.2 Å².